The summed E-state index contributed by atoms with van der Waals surface area (Å²) in [6, 6.07) is 0.481. The van der Waals surface area contributed by atoms with Gasteiger partial charge in [0.2, 0.25) is 0 Å². The van der Waals surface area contributed by atoms with Gasteiger partial charge in [0.05, 0.1) is 7.11 Å². The number of hydrogen-bond donors (Lipinski definition) is 2. The van der Waals surface area contributed by atoms with E-state index in [9.17, 15) is 0 Å². The Labute approximate surface area is 112 Å². The van der Waals surface area contributed by atoms with Crippen LogP contribution in [0.2, 0.25) is 0 Å². The molecule has 0 aromatic carbocycles. The number of aromatic nitrogens is 1. The summed E-state index contributed by atoms with van der Waals surface area (Å²) in [5, 5.41) is 4.54. The number of fused-ring (bicyclic) bond motifs is 2. The summed E-state index contributed by atoms with van der Waals surface area (Å²) >= 11 is 1.40. The van der Waals surface area contributed by atoms with Gasteiger partial charge in [-0.15, -0.1) is 0 Å². The van der Waals surface area contributed by atoms with Gasteiger partial charge < -0.3 is 15.8 Å². The van der Waals surface area contributed by atoms with Crippen molar-refractivity contribution in [3.05, 3.63) is 0 Å². The SMILES string of the molecule is COc1c(N)nsc1NC(C)C1CC2CCC1C2. The second-order valence-electron chi connectivity index (χ2n) is 5.70. The Morgan fingerprint density at radius 2 is 2.28 bits per heavy atom. The van der Waals surface area contributed by atoms with Gasteiger partial charge in [-0.2, -0.15) is 4.37 Å². The maximum absolute atomic E-state index is 5.78. The molecule has 0 aliphatic heterocycles. The zero-order valence-electron chi connectivity index (χ0n) is 11.0. The largest absolute Gasteiger partial charge is 0.490 e. The summed E-state index contributed by atoms with van der Waals surface area (Å²) in [6.07, 6.45) is 5.70. The zero-order chi connectivity index (χ0) is 12.7. The molecule has 4 unspecified atom stereocenters. The van der Waals surface area contributed by atoms with E-state index >= 15 is 0 Å². The molecule has 0 amide bonds. The minimum absolute atomic E-state index is 0.481. The van der Waals surface area contributed by atoms with Gasteiger partial charge in [-0.1, -0.05) is 6.42 Å². The Kier molecular flexibility index (Phi) is 3.09. The first-order chi connectivity index (χ1) is 8.69. The van der Waals surface area contributed by atoms with E-state index in [1.165, 1.54) is 37.2 Å². The van der Waals surface area contributed by atoms with Gasteiger partial charge in [-0.25, -0.2) is 0 Å². The van der Waals surface area contributed by atoms with E-state index in [-0.39, 0.29) is 0 Å². The predicted molar refractivity (Wildman–Crippen MR) is 75.1 cm³/mol. The van der Waals surface area contributed by atoms with E-state index in [2.05, 4.69) is 16.6 Å². The van der Waals surface area contributed by atoms with Crippen LogP contribution in [0.3, 0.4) is 0 Å². The lowest BCUT2D eigenvalue weighted by Crippen LogP contribution is -2.29. The van der Waals surface area contributed by atoms with Crippen LogP contribution in [0.15, 0.2) is 0 Å². The van der Waals surface area contributed by atoms with Crippen LogP contribution >= 0.6 is 11.5 Å². The van der Waals surface area contributed by atoms with Gasteiger partial charge in [-0.05, 0) is 55.5 Å². The van der Waals surface area contributed by atoms with Crippen molar-refractivity contribution in [3.8, 4) is 5.75 Å². The molecule has 2 fully saturated rings. The molecule has 0 saturated heterocycles. The number of ether oxygens (including phenoxy) is 1. The minimum atomic E-state index is 0.481. The van der Waals surface area contributed by atoms with Crippen LogP contribution in [-0.2, 0) is 0 Å². The summed E-state index contributed by atoms with van der Waals surface area (Å²) in [5.74, 6) is 3.91. The first-order valence-electron chi connectivity index (χ1n) is 6.74. The number of anilines is 2. The number of nitrogens with zero attached hydrogens (tertiary/aromatic N) is 1. The summed E-state index contributed by atoms with van der Waals surface area (Å²) in [7, 11) is 1.65. The second kappa shape index (κ2) is 4.61. The number of nitrogens with one attached hydrogen (secondary N) is 1. The molecule has 1 aromatic rings. The lowest BCUT2D eigenvalue weighted by Gasteiger charge is -2.28. The van der Waals surface area contributed by atoms with Crippen molar-refractivity contribution in [1.29, 1.82) is 0 Å². The molecule has 100 valence electrons. The summed E-state index contributed by atoms with van der Waals surface area (Å²) < 4.78 is 9.45. The van der Waals surface area contributed by atoms with Crippen molar-refractivity contribution in [2.75, 3.05) is 18.2 Å². The second-order valence-corrected chi connectivity index (χ2v) is 6.48. The Hall–Kier alpha value is -0.970. The molecule has 1 aromatic heterocycles. The first-order valence-corrected chi connectivity index (χ1v) is 7.52. The zero-order valence-corrected chi connectivity index (χ0v) is 11.8. The van der Waals surface area contributed by atoms with Gasteiger partial charge in [0.15, 0.2) is 16.6 Å². The highest BCUT2D eigenvalue weighted by Gasteiger charge is 2.42. The molecule has 0 spiro atoms. The van der Waals surface area contributed by atoms with Gasteiger partial charge in [-0.3, -0.25) is 0 Å². The topological polar surface area (TPSA) is 60.2 Å². The molecule has 1 heterocycles. The molecule has 3 rings (SSSR count). The molecule has 3 N–H and O–H groups in total. The average molecular weight is 267 g/mol. The standard InChI is InChI=1S/C13H21N3OS/c1-7(10-6-8-3-4-9(10)5-8)15-13-11(17-2)12(14)16-18-13/h7-10,15H,3-6H2,1-2H3,(H2,14,16). The number of methoxy groups -OCH3 is 1. The number of rotatable bonds is 4. The molecule has 4 nitrogen and oxygen atoms in total. The van der Waals surface area contributed by atoms with E-state index in [0.29, 0.717) is 17.6 Å². The molecule has 5 heteroatoms. The maximum Gasteiger partial charge on any atom is 0.197 e. The van der Waals surface area contributed by atoms with E-state index in [4.69, 9.17) is 10.5 Å². The number of nitrogens with two attached hydrogens (primary N) is 1. The van der Waals surface area contributed by atoms with Crippen LogP contribution < -0.4 is 15.8 Å². The number of nitrogen functional groups attached to an aromatic ring is 1. The maximum atomic E-state index is 5.78. The molecule has 2 bridgehead atoms. The Bertz CT molecular complexity index is 434. The summed E-state index contributed by atoms with van der Waals surface area (Å²) in [6.45, 7) is 2.28. The fraction of sp³-hybridized carbons (Fsp3) is 0.769. The molecular formula is C13H21N3OS. The van der Waals surface area contributed by atoms with E-state index < -0.39 is 0 Å². The lowest BCUT2D eigenvalue weighted by atomic mass is 9.84. The van der Waals surface area contributed by atoms with Crippen molar-refractivity contribution in [1.82, 2.24) is 4.37 Å². The summed E-state index contributed by atoms with van der Waals surface area (Å²) in [4.78, 5) is 0. The third-order valence-corrected chi connectivity index (χ3v) is 5.45. The predicted octanol–water partition coefficient (Wildman–Crippen LogP) is 2.97. The van der Waals surface area contributed by atoms with Gasteiger partial charge >= 0.3 is 0 Å². The van der Waals surface area contributed by atoms with Crippen LogP contribution in [0.1, 0.15) is 32.6 Å². The lowest BCUT2D eigenvalue weighted by molar-refractivity contribution is 0.304. The highest BCUT2D eigenvalue weighted by Crippen LogP contribution is 2.50. The quantitative estimate of drug-likeness (QED) is 0.880. The fourth-order valence-corrected chi connectivity index (χ4v) is 4.59. The Morgan fingerprint density at radius 1 is 1.44 bits per heavy atom. The van der Waals surface area contributed by atoms with Gasteiger partial charge in [0.1, 0.15) is 0 Å². The molecule has 18 heavy (non-hydrogen) atoms. The van der Waals surface area contributed by atoms with Crippen LogP contribution in [0.4, 0.5) is 10.8 Å². The summed E-state index contributed by atoms with van der Waals surface area (Å²) in [5.41, 5.74) is 5.78. The third-order valence-electron chi connectivity index (χ3n) is 4.67. The Balaban J connectivity index is 1.69. The molecule has 0 radical (unpaired) electrons. The first kappa shape index (κ1) is 12.1. The van der Waals surface area contributed by atoms with E-state index in [0.717, 1.165) is 22.8 Å². The highest BCUT2D eigenvalue weighted by molar-refractivity contribution is 7.11. The van der Waals surface area contributed by atoms with Crippen LogP contribution in [0.25, 0.3) is 0 Å². The monoisotopic (exact) mass is 267 g/mol. The van der Waals surface area contributed by atoms with Crippen LogP contribution in [0.5, 0.6) is 5.75 Å². The molecule has 2 aliphatic rings. The van der Waals surface area contributed by atoms with Gasteiger partial charge in [0, 0.05) is 6.04 Å². The van der Waals surface area contributed by atoms with Crippen molar-refractivity contribution >= 4 is 22.4 Å². The molecule has 2 saturated carbocycles. The molecule has 2 aliphatic carbocycles. The fourth-order valence-electron chi connectivity index (χ4n) is 3.80. The Morgan fingerprint density at radius 3 is 2.89 bits per heavy atom. The highest BCUT2D eigenvalue weighted by atomic mass is 32.1. The van der Waals surface area contributed by atoms with Crippen molar-refractivity contribution in [3.63, 3.8) is 0 Å². The van der Waals surface area contributed by atoms with E-state index in [1.54, 1.807) is 7.11 Å². The minimum Gasteiger partial charge on any atom is -0.490 e. The average Bonchev–Trinajstić information content (AvgIpc) is 3.04. The van der Waals surface area contributed by atoms with Crippen molar-refractivity contribution < 1.29 is 4.74 Å². The third kappa shape index (κ3) is 1.94. The van der Waals surface area contributed by atoms with Crippen LogP contribution in [-0.4, -0.2) is 17.5 Å². The number of hydrogen-bond acceptors (Lipinski definition) is 5. The van der Waals surface area contributed by atoms with E-state index in [1.807, 2.05) is 0 Å². The van der Waals surface area contributed by atoms with Crippen molar-refractivity contribution in [2.45, 2.75) is 38.6 Å². The molecule has 4 atom stereocenters. The van der Waals surface area contributed by atoms with Gasteiger partial charge in [0.25, 0.3) is 0 Å². The smallest absolute Gasteiger partial charge is 0.197 e. The van der Waals surface area contributed by atoms with Crippen LogP contribution in [0, 0.1) is 17.8 Å². The van der Waals surface area contributed by atoms with Crippen molar-refractivity contribution in [2.24, 2.45) is 17.8 Å². The molecular weight excluding hydrogens is 246 g/mol. The normalized spacial score (nSPS) is 31.6.